The molecule has 2 atom stereocenters. The summed E-state index contributed by atoms with van der Waals surface area (Å²) in [5.74, 6) is 1.42. The van der Waals surface area contributed by atoms with Crippen LogP contribution >= 0.6 is 0 Å². The maximum atomic E-state index is 6.32. The van der Waals surface area contributed by atoms with Gasteiger partial charge in [-0.15, -0.1) is 0 Å². The van der Waals surface area contributed by atoms with E-state index in [1.165, 1.54) is 6.42 Å². The molecule has 3 nitrogen and oxygen atoms in total. The second-order valence-corrected chi connectivity index (χ2v) is 7.01. The van der Waals surface area contributed by atoms with Crippen molar-refractivity contribution in [2.75, 3.05) is 6.61 Å². The Morgan fingerprint density at radius 2 is 2.00 bits per heavy atom. The number of hydrogen-bond acceptors (Lipinski definition) is 3. The van der Waals surface area contributed by atoms with Crippen LogP contribution in [0, 0.1) is 11.3 Å². The zero-order valence-corrected chi connectivity index (χ0v) is 13.6. The molecule has 0 saturated carbocycles. The Kier molecular flexibility index (Phi) is 6.47. The summed E-state index contributed by atoms with van der Waals surface area (Å²) >= 11 is 0. The van der Waals surface area contributed by atoms with Gasteiger partial charge in [0.2, 0.25) is 0 Å². The van der Waals surface area contributed by atoms with Gasteiger partial charge in [0.15, 0.2) is 0 Å². The quantitative estimate of drug-likeness (QED) is 0.807. The SMILES string of the molecule is CCCOc1cncc(C(N)CC(C)CC(C)(C)C)c1. The fourth-order valence-electron chi connectivity index (χ4n) is 2.64. The summed E-state index contributed by atoms with van der Waals surface area (Å²) in [6.45, 7) is 11.9. The molecule has 0 aliphatic rings. The molecule has 0 fully saturated rings. The van der Waals surface area contributed by atoms with Crippen molar-refractivity contribution in [1.82, 2.24) is 4.98 Å². The van der Waals surface area contributed by atoms with Crippen LogP contribution in [-0.2, 0) is 0 Å². The molecule has 0 aliphatic heterocycles. The molecule has 0 spiro atoms. The van der Waals surface area contributed by atoms with Crippen LogP contribution in [0.1, 0.15) is 65.5 Å². The molecule has 0 amide bonds. The van der Waals surface area contributed by atoms with E-state index >= 15 is 0 Å². The predicted octanol–water partition coefficient (Wildman–Crippen LogP) is 4.33. The van der Waals surface area contributed by atoms with Crippen molar-refractivity contribution < 1.29 is 4.74 Å². The maximum Gasteiger partial charge on any atom is 0.137 e. The van der Waals surface area contributed by atoms with E-state index in [1.807, 2.05) is 12.3 Å². The van der Waals surface area contributed by atoms with E-state index in [9.17, 15) is 0 Å². The minimum Gasteiger partial charge on any atom is -0.492 e. The van der Waals surface area contributed by atoms with Crippen LogP contribution in [0.4, 0.5) is 0 Å². The van der Waals surface area contributed by atoms with Crippen molar-refractivity contribution in [3.8, 4) is 5.75 Å². The molecule has 114 valence electrons. The third-order valence-electron chi connectivity index (χ3n) is 3.25. The van der Waals surface area contributed by atoms with Crippen LogP contribution in [-0.4, -0.2) is 11.6 Å². The highest BCUT2D eigenvalue weighted by Gasteiger charge is 2.18. The summed E-state index contributed by atoms with van der Waals surface area (Å²) < 4.78 is 5.61. The van der Waals surface area contributed by atoms with Crippen molar-refractivity contribution >= 4 is 0 Å². The highest BCUT2D eigenvalue weighted by Crippen LogP contribution is 2.30. The van der Waals surface area contributed by atoms with Crippen molar-refractivity contribution in [1.29, 1.82) is 0 Å². The maximum absolute atomic E-state index is 6.32. The smallest absolute Gasteiger partial charge is 0.137 e. The van der Waals surface area contributed by atoms with Crippen molar-refractivity contribution in [2.45, 2.75) is 59.9 Å². The molecule has 0 radical (unpaired) electrons. The number of aromatic nitrogens is 1. The van der Waals surface area contributed by atoms with Gasteiger partial charge in [-0.2, -0.15) is 0 Å². The second kappa shape index (κ2) is 7.63. The molecule has 2 N–H and O–H groups in total. The average Bonchev–Trinajstić information content (AvgIpc) is 2.34. The molecule has 1 rings (SSSR count). The summed E-state index contributed by atoms with van der Waals surface area (Å²) in [5, 5.41) is 0. The molecular formula is C17H30N2O. The molecule has 0 aliphatic carbocycles. The van der Waals surface area contributed by atoms with E-state index < -0.39 is 0 Å². The Labute approximate surface area is 123 Å². The summed E-state index contributed by atoms with van der Waals surface area (Å²) in [4.78, 5) is 4.24. The van der Waals surface area contributed by atoms with Gasteiger partial charge in [-0.3, -0.25) is 4.98 Å². The Balaban J connectivity index is 2.60. The molecule has 0 aromatic carbocycles. The van der Waals surface area contributed by atoms with Crippen molar-refractivity contribution in [2.24, 2.45) is 17.1 Å². The van der Waals surface area contributed by atoms with Gasteiger partial charge in [0.1, 0.15) is 5.75 Å². The second-order valence-electron chi connectivity index (χ2n) is 7.01. The Hall–Kier alpha value is -1.09. The first-order valence-corrected chi connectivity index (χ1v) is 7.65. The number of nitrogens with zero attached hydrogens (tertiary/aromatic N) is 1. The third kappa shape index (κ3) is 6.38. The summed E-state index contributed by atoms with van der Waals surface area (Å²) in [7, 11) is 0. The molecular weight excluding hydrogens is 248 g/mol. The molecule has 0 saturated heterocycles. The monoisotopic (exact) mass is 278 g/mol. The normalized spacial score (nSPS) is 14.9. The highest BCUT2D eigenvalue weighted by molar-refractivity contribution is 5.25. The topological polar surface area (TPSA) is 48.1 Å². The van der Waals surface area contributed by atoms with Gasteiger partial charge in [0.25, 0.3) is 0 Å². The Morgan fingerprint density at radius 1 is 1.30 bits per heavy atom. The molecule has 1 heterocycles. The standard InChI is InChI=1S/C17H30N2O/c1-6-7-20-15-9-14(11-19-12-15)16(18)8-13(2)10-17(3,4)5/h9,11-13,16H,6-8,10,18H2,1-5H3. The minimum atomic E-state index is 0.0324. The van der Waals surface area contributed by atoms with Crippen LogP contribution < -0.4 is 10.5 Å². The van der Waals surface area contributed by atoms with Crippen molar-refractivity contribution in [3.63, 3.8) is 0 Å². The molecule has 2 unspecified atom stereocenters. The first kappa shape index (κ1) is 17.0. The minimum absolute atomic E-state index is 0.0324. The lowest BCUT2D eigenvalue weighted by Gasteiger charge is -2.25. The first-order chi connectivity index (χ1) is 9.31. The lowest BCUT2D eigenvalue weighted by atomic mass is 9.82. The summed E-state index contributed by atoms with van der Waals surface area (Å²) in [5.41, 5.74) is 7.74. The lowest BCUT2D eigenvalue weighted by molar-refractivity contribution is 0.285. The van der Waals surface area contributed by atoms with Gasteiger partial charge >= 0.3 is 0 Å². The fourth-order valence-corrected chi connectivity index (χ4v) is 2.64. The lowest BCUT2D eigenvalue weighted by Crippen LogP contribution is -2.18. The zero-order chi connectivity index (χ0) is 15.2. The number of pyridine rings is 1. The van der Waals surface area contributed by atoms with E-state index in [2.05, 4.69) is 39.6 Å². The van der Waals surface area contributed by atoms with Crippen LogP contribution in [0.25, 0.3) is 0 Å². The number of ether oxygens (including phenoxy) is 1. The number of rotatable bonds is 7. The van der Waals surface area contributed by atoms with E-state index in [1.54, 1.807) is 6.20 Å². The Bertz CT molecular complexity index is 398. The molecule has 3 heteroatoms. The fraction of sp³-hybridized carbons (Fsp3) is 0.706. The highest BCUT2D eigenvalue weighted by atomic mass is 16.5. The van der Waals surface area contributed by atoms with E-state index in [0.717, 1.165) is 30.8 Å². The van der Waals surface area contributed by atoms with Crippen LogP contribution in [0.15, 0.2) is 18.5 Å². The van der Waals surface area contributed by atoms with Gasteiger partial charge in [-0.05, 0) is 42.2 Å². The number of nitrogens with two attached hydrogens (primary N) is 1. The predicted molar refractivity (Wildman–Crippen MR) is 84.8 cm³/mol. The van der Waals surface area contributed by atoms with Gasteiger partial charge in [0.05, 0.1) is 12.8 Å². The molecule has 20 heavy (non-hydrogen) atoms. The largest absolute Gasteiger partial charge is 0.492 e. The molecule has 1 aromatic heterocycles. The Morgan fingerprint density at radius 3 is 2.60 bits per heavy atom. The van der Waals surface area contributed by atoms with Gasteiger partial charge in [0, 0.05) is 12.2 Å². The van der Waals surface area contributed by atoms with Gasteiger partial charge in [-0.25, -0.2) is 0 Å². The van der Waals surface area contributed by atoms with E-state index in [0.29, 0.717) is 11.3 Å². The molecule has 0 bridgehead atoms. The summed E-state index contributed by atoms with van der Waals surface area (Å²) in [6.07, 6.45) is 6.77. The zero-order valence-electron chi connectivity index (χ0n) is 13.6. The number of hydrogen-bond donors (Lipinski definition) is 1. The summed E-state index contributed by atoms with van der Waals surface area (Å²) in [6, 6.07) is 2.06. The van der Waals surface area contributed by atoms with Crippen LogP contribution in [0.2, 0.25) is 0 Å². The van der Waals surface area contributed by atoms with Crippen LogP contribution in [0.5, 0.6) is 5.75 Å². The van der Waals surface area contributed by atoms with E-state index in [4.69, 9.17) is 10.5 Å². The van der Waals surface area contributed by atoms with E-state index in [-0.39, 0.29) is 6.04 Å². The van der Waals surface area contributed by atoms with Gasteiger partial charge < -0.3 is 10.5 Å². The van der Waals surface area contributed by atoms with Crippen molar-refractivity contribution in [3.05, 3.63) is 24.0 Å². The molecule has 1 aromatic rings. The van der Waals surface area contributed by atoms with Gasteiger partial charge in [-0.1, -0.05) is 34.6 Å². The van der Waals surface area contributed by atoms with Crippen LogP contribution in [0.3, 0.4) is 0 Å². The average molecular weight is 278 g/mol. The first-order valence-electron chi connectivity index (χ1n) is 7.65. The third-order valence-corrected chi connectivity index (χ3v) is 3.25.